The summed E-state index contributed by atoms with van der Waals surface area (Å²) in [7, 11) is 0. The maximum Gasteiger partial charge on any atom is 0.0965 e. The van der Waals surface area contributed by atoms with Gasteiger partial charge in [-0.25, -0.2) is 4.98 Å². The lowest BCUT2D eigenvalue weighted by Gasteiger charge is -2.05. The maximum absolute atomic E-state index is 4.73. The molecule has 0 aliphatic heterocycles. The van der Waals surface area contributed by atoms with Crippen LogP contribution in [0.5, 0.6) is 0 Å². The number of aromatic nitrogens is 2. The average molecular weight is 256 g/mol. The van der Waals surface area contributed by atoms with Crippen molar-refractivity contribution in [3.63, 3.8) is 0 Å². The second-order valence-corrected chi connectivity index (χ2v) is 4.78. The second-order valence-electron chi connectivity index (χ2n) is 4.78. The predicted molar refractivity (Wildman–Crippen MR) is 82.5 cm³/mol. The summed E-state index contributed by atoms with van der Waals surface area (Å²) in [5.74, 6) is 0. The molecule has 2 heteroatoms. The molecular weight excluding hydrogens is 244 g/mol. The molecule has 0 atom stereocenters. The molecule has 1 aromatic heterocycles. The van der Waals surface area contributed by atoms with Gasteiger partial charge in [-0.1, -0.05) is 60.7 Å². The molecule has 0 amide bonds. The molecule has 0 spiro atoms. The van der Waals surface area contributed by atoms with Gasteiger partial charge >= 0.3 is 0 Å². The van der Waals surface area contributed by atoms with E-state index in [2.05, 4.69) is 35.3 Å². The van der Waals surface area contributed by atoms with Gasteiger partial charge in [0, 0.05) is 10.9 Å². The molecule has 0 radical (unpaired) electrons. The smallest absolute Gasteiger partial charge is 0.0965 e. The molecule has 94 valence electrons. The molecular formula is C18H12N2. The molecule has 0 fully saturated rings. The van der Waals surface area contributed by atoms with E-state index in [1.54, 1.807) is 0 Å². The third-order valence-electron chi connectivity index (χ3n) is 3.51. The fraction of sp³-hybridized carbons (Fsp3) is 0. The molecule has 1 heterocycles. The molecule has 4 aromatic rings. The number of hydrogen-bond acceptors (Lipinski definition) is 2. The Labute approximate surface area is 116 Å². The van der Waals surface area contributed by atoms with Crippen LogP contribution in [0.1, 0.15) is 0 Å². The Morgan fingerprint density at radius 1 is 0.700 bits per heavy atom. The largest absolute Gasteiger partial charge is 0.252 e. The molecule has 0 saturated heterocycles. The Balaban J connectivity index is 1.99. The molecule has 0 bridgehead atoms. The highest BCUT2D eigenvalue weighted by Gasteiger charge is 2.05. The number of benzene rings is 3. The van der Waals surface area contributed by atoms with Gasteiger partial charge in [-0.3, -0.25) is 4.98 Å². The molecule has 0 aliphatic carbocycles. The van der Waals surface area contributed by atoms with Crippen molar-refractivity contribution in [1.29, 1.82) is 0 Å². The lowest BCUT2D eigenvalue weighted by molar-refractivity contribution is 1.30. The zero-order chi connectivity index (χ0) is 13.4. The molecule has 0 unspecified atom stereocenters. The van der Waals surface area contributed by atoms with Crippen LogP contribution >= 0.6 is 0 Å². The van der Waals surface area contributed by atoms with E-state index in [4.69, 9.17) is 4.98 Å². The Bertz CT molecular complexity index is 899. The first-order chi connectivity index (χ1) is 9.92. The van der Waals surface area contributed by atoms with E-state index in [0.717, 1.165) is 27.7 Å². The minimum atomic E-state index is 0.911. The Kier molecular flexibility index (Phi) is 2.46. The van der Waals surface area contributed by atoms with Crippen LogP contribution in [0.4, 0.5) is 0 Å². The highest BCUT2D eigenvalue weighted by atomic mass is 14.8. The zero-order valence-corrected chi connectivity index (χ0v) is 10.8. The summed E-state index contributed by atoms with van der Waals surface area (Å²) in [6.45, 7) is 0. The molecule has 3 aromatic carbocycles. The average Bonchev–Trinajstić information content (AvgIpc) is 2.55. The van der Waals surface area contributed by atoms with Crippen molar-refractivity contribution in [3.8, 4) is 11.3 Å². The van der Waals surface area contributed by atoms with Gasteiger partial charge in [0.15, 0.2) is 0 Å². The van der Waals surface area contributed by atoms with Crippen molar-refractivity contribution >= 4 is 21.8 Å². The maximum atomic E-state index is 4.73. The third-order valence-corrected chi connectivity index (χ3v) is 3.51. The summed E-state index contributed by atoms with van der Waals surface area (Å²) in [4.78, 5) is 9.36. The highest BCUT2D eigenvalue weighted by Crippen LogP contribution is 2.24. The first-order valence-electron chi connectivity index (χ1n) is 6.62. The van der Waals surface area contributed by atoms with Crippen molar-refractivity contribution in [2.45, 2.75) is 0 Å². The minimum Gasteiger partial charge on any atom is -0.252 e. The molecule has 2 nitrogen and oxygen atoms in total. The van der Waals surface area contributed by atoms with Crippen molar-refractivity contribution < 1.29 is 0 Å². The van der Waals surface area contributed by atoms with Gasteiger partial charge < -0.3 is 0 Å². The lowest BCUT2D eigenvalue weighted by Crippen LogP contribution is -1.89. The fourth-order valence-electron chi connectivity index (χ4n) is 2.50. The Morgan fingerprint density at radius 3 is 2.40 bits per heavy atom. The van der Waals surface area contributed by atoms with Crippen molar-refractivity contribution in [1.82, 2.24) is 9.97 Å². The quantitative estimate of drug-likeness (QED) is 0.470. The molecule has 0 saturated carbocycles. The van der Waals surface area contributed by atoms with Crippen LogP contribution in [0, 0.1) is 0 Å². The summed E-state index contributed by atoms with van der Waals surface area (Å²) in [6.07, 6.45) is 1.85. The van der Waals surface area contributed by atoms with Crippen LogP contribution in [-0.2, 0) is 0 Å². The molecule has 4 rings (SSSR count). The Hall–Kier alpha value is -2.74. The van der Waals surface area contributed by atoms with Gasteiger partial charge in [0.1, 0.15) is 0 Å². The van der Waals surface area contributed by atoms with Gasteiger partial charge in [-0.15, -0.1) is 0 Å². The summed E-state index contributed by atoms with van der Waals surface area (Å²) in [6, 6.07) is 22.5. The minimum absolute atomic E-state index is 0.911. The van der Waals surface area contributed by atoms with E-state index in [0.29, 0.717) is 0 Å². The standard InChI is InChI=1S/C18H12N2/c1-2-7-14(8-3-1)17-12-19-18-15-9-5-4-6-13(15)10-11-16(18)20-17/h1-12H. The van der Waals surface area contributed by atoms with Gasteiger partial charge in [-0.05, 0) is 11.5 Å². The first-order valence-corrected chi connectivity index (χ1v) is 6.62. The van der Waals surface area contributed by atoms with Crippen LogP contribution in [-0.4, -0.2) is 9.97 Å². The zero-order valence-electron chi connectivity index (χ0n) is 10.8. The topological polar surface area (TPSA) is 25.8 Å². The van der Waals surface area contributed by atoms with E-state index in [1.807, 2.05) is 42.6 Å². The monoisotopic (exact) mass is 256 g/mol. The highest BCUT2D eigenvalue weighted by molar-refractivity contribution is 6.04. The lowest BCUT2D eigenvalue weighted by atomic mass is 10.1. The van der Waals surface area contributed by atoms with Crippen molar-refractivity contribution in [3.05, 3.63) is 72.9 Å². The van der Waals surface area contributed by atoms with Gasteiger partial charge in [0.2, 0.25) is 0 Å². The van der Waals surface area contributed by atoms with E-state index < -0.39 is 0 Å². The third kappa shape index (κ3) is 1.74. The Morgan fingerprint density at radius 2 is 1.50 bits per heavy atom. The van der Waals surface area contributed by atoms with Gasteiger partial charge in [0.25, 0.3) is 0 Å². The van der Waals surface area contributed by atoms with E-state index in [1.165, 1.54) is 5.39 Å². The van der Waals surface area contributed by atoms with Crippen molar-refractivity contribution in [2.24, 2.45) is 0 Å². The molecule has 0 N–H and O–H groups in total. The first kappa shape index (κ1) is 11.1. The van der Waals surface area contributed by atoms with Crippen LogP contribution in [0.3, 0.4) is 0 Å². The summed E-state index contributed by atoms with van der Waals surface area (Å²) < 4.78 is 0. The number of rotatable bonds is 1. The van der Waals surface area contributed by atoms with Crippen LogP contribution in [0.15, 0.2) is 72.9 Å². The summed E-state index contributed by atoms with van der Waals surface area (Å²) >= 11 is 0. The van der Waals surface area contributed by atoms with E-state index >= 15 is 0 Å². The number of fused-ring (bicyclic) bond motifs is 3. The van der Waals surface area contributed by atoms with E-state index in [9.17, 15) is 0 Å². The van der Waals surface area contributed by atoms with Crippen LogP contribution < -0.4 is 0 Å². The molecule has 0 aliphatic rings. The second kappa shape index (κ2) is 4.42. The van der Waals surface area contributed by atoms with Crippen LogP contribution in [0.25, 0.3) is 33.1 Å². The van der Waals surface area contributed by atoms with Gasteiger partial charge in [-0.2, -0.15) is 0 Å². The summed E-state index contributed by atoms with van der Waals surface area (Å²) in [5, 5.41) is 2.35. The number of hydrogen-bond donors (Lipinski definition) is 0. The SMILES string of the molecule is c1ccc(-c2cnc3c(ccc4ccccc43)n2)cc1. The van der Waals surface area contributed by atoms with E-state index in [-0.39, 0.29) is 0 Å². The van der Waals surface area contributed by atoms with Crippen molar-refractivity contribution in [2.75, 3.05) is 0 Å². The summed E-state index contributed by atoms with van der Waals surface area (Å²) in [5.41, 5.74) is 3.90. The number of nitrogens with zero attached hydrogens (tertiary/aromatic N) is 2. The fourth-order valence-corrected chi connectivity index (χ4v) is 2.50. The normalized spacial score (nSPS) is 11.0. The molecule has 20 heavy (non-hydrogen) atoms. The van der Waals surface area contributed by atoms with Crippen LogP contribution in [0.2, 0.25) is 0 Å². The van der Waals surface area contributed by atoms with Gasteiger partial charge in [0.05, 0.1) is 22.9 Å². The predicted octanol–water partition coefficient (Wildman–Crippen LogP) is 4.45.